The van der Waals surface area contributed by atoms with Crippen LogP contribution in [-0.4, -0.2) is 35.6 Å². The largest absolute Gasteiger partial charge is 0.494 e. The molecule has 0 saturated heterocycles. The van der Waals surface area contributed by atoms with E-state index < -0.39 is 0 Å². The molecule has 4 aromatic rings. The van der Waals surface area contributed by atoms with Gasteiger partial charge < -0.3 is 25.3 Å². The maximum absolute atomic E-state index is 11.0. The molecule has 0 saturated carbocycles. The Morgan fingerprint density at radius 1 is 0.941 bits per heavy atom. The average molecular weight is 458 g/mol. The number of fused-ring (bicyclic) bond motifs is 1. The minimum absolute atomic E-state index is 0.0493. The van der Waals surface area contributed by atoms with E-state index in [1.54, 1.807) is 0 Å². The van der Waals surface area contributed by atoms with E-state index in [4.69, 9.17) is 20.2 Å². The first-order valence-electron chi connectivity index (χ1n) is 11.7. The lowest BCUT2D eigenvalue weighted by molar-refractivity contribution is 0.288. The van der Waals surface area contributed by atoms with Crippen LogP contribution in [0.3, 0.4) is 0 Å². The minimum atomic E-state index is 0.0493. The number of benzene rings is 3. The summed E-state index contributed by atoms with van der Waals surface area (Å²) in [7, 11) is 0. The number of nitrogens with one attached hydrogen (secondary N) is 1. The molecule has 3 aromatic carbocycles. The van der Waals surface area contributed by atoms with Crippen LogP contribution < -0.4 is 15.2 Å². The predicted molar refractivity (Wildman–Crippen MR) is 138 cm³/mol. The molecule has 0 bridgehead atoms. The van der Waals surface area contributed by atoms with Crippen molar-refractivity contribution in [2.24, 2.45) is 10.7 Å². The van der Waals surface area contributed by atoms with Gasteiger partial charge in [-0.05, 0) is 57.0 Å². The van der Waals surface area contributed by atoms with Crippen LogP contribution in [-0.2, 0) is 6.42 Å². The molecule has 0 radical (unpaired) electrons. The molecule has 6 heteroatoms. The van der Waals surface area contributed by atoms with Crippen molar-refractivity contribution in [3.63, 3.8) is 0 Å². The van der Waals surface area contributed by atoms with Gasteiger partial charge in [-0.2, -0.15) is 0 Å². The second-order valence-electron chi connectivity index (χ2n) is 7.94. The van der Waals surface area contributed by atoms with E-state index in [2.05, 4.69) is 17.1 Å². The molecule has 0 fully saturated rings. The highest BCUT2D eigenvalue weighted by Crippen LogP contribution is 2.38. The van der Waals surface area contributed by atoms with Gasteiger partial charge in [-0.3, -0.25) is 0 Å². The third kappa shape index (κ3) is 5.07. The molecule has 0 aliphatic rings. The lowest BCUT2D eigenvalue weighted by atomic mass is 10.0. The van der Waals surface area contributed by atoms with Gasteiger partial charge in [0.25, 0.3) is 0 Å². The lowest BCUT2D eigenvalue weighted by Crippen LogP contribution is -2.03. The number of nitrogens with zero attached hydrogens (tertiary/aromatic N) is 1. The van der Waals surface area contributed by atoms with Crippen LogP contribution in [0.15, 0.2) is 71.7 Å². The van der Waals surface area contributed by atoms with Gasteiger partial charge in [0, 0.05) is 17.0 Å². The first kappa shape index (κ1) is 23.4. The Labute approximate surface area is 200 Å². The van der Waals surface area contributed by atoms with Gasteiger partial charge in [0.1, 0.15) is 0 Å². The highest BCUT2D eigenvalue weighted by atomic mass is 16.5. The summed E-state index contributed by atoms with van der Waals surface area (Å²) in [5.41, 5.74) is 10.6. The second-order valence-corrected chi connectivity index (χ2v) is 7.94. The molecule has 0 unspecified atom stereocenters. The van der Waals surface area contributed by atoms with Crippen LogP contribution in [0, 0.1) is 0 Å². The summed E-state index contributed by atoms with van der Waals surface area (Å²) < 4.78 is 11.6. The van der Waals surface area contributed by atoms with Crippen molar-refractivity contribution in [1.82, 2.24) is 4.98 Å². The second kappa shape index (κ2) is 10.9. The van der Waals surface area contributed by atoms with E-state index in [1.165, 1.54) is 5.56 Å². The summed E-state index contributed by atoms with van der Waals surface area (Å²) >= 11 is 0. The summed E-state index contributed by atoms with van der Waals surface area (Å²) in [5.74, 6) is 1.32. The summed E-state index contributed by atoms with van der Waals surface area (Å²) in [6, 6.07) is 21.8. The van der Waals surface area contributed by atoms with Gasteiger partial charge in [-0.1, -0.05) is 42.5 Å². The third-order valence-electron chi connectivity index (χ3n) is 5.57. The highest BCUT2D eigenvalue weighted by molar-refractivity contribution is 6.22. The first-order valence-corrected chi connectivity index (χ1v) is 11.7. The number of aromatic nitrogens is 1. The van der Waals surface area contributed by atoms with Crippen LogP contribution in [0.5, 0.6) is 17.4 Å². The molecule has 34 heavy (non-hydrogen) atoms. The Balaban J connectivity index is 1.87. The Hall–Kier alpha value is -3.77. The number of aryl methyl sites for hydroxylation is 1. The molecule has 6 nitrogen and oxygen atoms in total. The van der Waals surface area contributed by atoms with Crippen molar-refractivity contribution in [2.75, 3.05) is 19.8 Å². The predicted octanol–water partition coefficient (Wildman–Crippen LogP) is 5.73. The van der Waals surface area contributed by atoms with Crippen molar-refractivity contribution < 1.29 is 14.6 Å². The summed E-state index contributed by atoms with van der Waals surface area (Å²) in [6.45, 7) is 5.56. The van der Waals surface area contributed by atoms with Crippen LogP contribution in [0.1, 0.15) is 37.0 Å². The van der Waals surface area contributed by atoms with E-state index in [0.717, 1.165) is 35.0 Å². The average Bonchev–Trinajstić information content (AvgIpc) is 3.17. The molecule has 1 heterocycles. The van der Waals surface area contributed by atoms with E-state index in [-0.39, 0.29) is 5.88 Å². The fraction of sp³-hybridized carbons (Fsp3) is 0.250. The van der Waals surface area contributed by atoms with E-state index in [9.17, 15) is 5.11 Å². The van der Waals surface area contributed by atoms with Gasteiger partial charge in [0.05, 0.1) is 35.7 Å². The zero-order valence-electron chi connectivity index (χ0n) is 19.7. The molecule has 0 aliphatic carbocycles. The Bertz CT molecular complexity index is 1260. The molecule has 176 valence electrons. The number of hydrogen-bond acceptors (Lipinski definition) is 5. The van der Waals surface area contributed by atoms with E-state index in [0.29, 0.717) is 42.5 Å². The van der Waals surface area contributed by atoms with Gasteiger partial charge in [0.2, 0.25) is 0 Å². The standard InChI is InChI=1S/C28H31N3O3/c1-3-33-24-17-22-23(18-25(24)34-4-2)31-28(32)26(22)27(20-10-6-5-7-11-20)30-21-14-12-19(13-15-21)9-8-16-29/h5-7,10-15,17-18,31-32H,3-4,8-9,16,29H2,1-2H3. The zero-order chi connectivity index (χ0) is 23.9. The van der Waals surface area contributed by atoms with Gasteiger partial charge >= 0.3 is 0 Å². The topological polar surface area (TPSA) is 92.9 Å². The number of aromatic hydroxyl groups is 1. The third-order valence-corrected chi connectivity index (χ3v) is 5.57. The van der Waals surface area contributed by atoms with Crippen LogP contribution in [0.4, 0.5) is 5.69 Å². The molecule has 4 rings (SSSR count). The molecule has 0 spiro atoms. The van der Waals surface area contributed by atoms with Crippen LogP contribution >= 0.6 is 0 Å². The highest BCUT2D eigenvalue weighted by Gasteiger charge is 2.21. The quantitative estimate of drug-likeness (QED) is 0.265. The maximum atomic E-state index is 11.0. The Morgan fingerprint density at radius 3 is 2.26 bits per heavy atom. The monoisotopic (exact) mass is 457 g/mol. The molecular weight excluding hydrogens is 426 g/mol. The summed E-state index contributed by atoms with van der Waals surface area (Å²) in [6.07, 6.45) is 1.89. The zero-order valence-corrected chi connectivity index (χ0v) is 19.7. The number of ether oxygens (including phenoxy) is 2. The van der Waals surface area contributed by atoms with Crippen molar-refractivity contribution >= 4 is 22.3 Å². The van der Waals surface area contributed by atoms with Crippen molar-refractivity contribution in [2.45, 2.75) is 26.7 Å². The number of H-pyrrole nitrogens is 1. The summed E-state index contributed by atoms with van der Waals surface area (Å²) in [4.78, 5) is 8.07. The fourth-order valence-corrected chi connectivity index (χ4v) is 4.00. The molecule has 4 N–H and O–H groups in total. The lowest BCUT2D eigenvalue weighted by Gasteiger charge is -2.12. The SMILES string of the molecule is CCOc1cc2[nH]c(O)c(C(=Nc3ccc(CCCN)cc3)c3ccccc3)c2cc1OCC. The Kier molecular flexibility index (Phi) is 7.50. The molecule has 1 aromatic heterocycles. The maximum Gasteiger partial charge on any atom is 0.199 e. The van der Waals surface area contributed by atoms with Crippen LogP contribution in [0.2, 0.25) is 0 Å². The van der Waals surface area contributed by atoms with Crippen molar-refractivity contribution in [3.8, 4) is 17.4 Å². The molecular formula is C28H31N3O3. The fourth-order valence-electron chi connectivity index (χ4n) is 4.00. The first-order chi connectivity index (χ1) is 16.6. The van der Waals surface area contributed by atoms with Gasteiger partial charge in [0.15, 0.2) is 17.4 Å². The number of aliphatic imine (C=N–C) groups is 1. The number of nitrogens with two attached hydrogens (primary N) is 1. The van der Waals surface area contributed by atoms with Crippen molar-refractivity contribution in [3.05, 3.63) is 83.4 Å². The van der Waals surface area contributed by atoms with Gasteiger partial charge in [-0.15, -0.1) is 0 Å². The molecule has 0 atom stereocenters. The number of rotatable bonds is 10. The Morgan fingerprint density at radius 2 is 1.62 bits per heavy atom. The molecule has 0 amide bonds. The van der Waals surface area contributed by atoms with Crippen LogP contribution in [0.25, 0.3) is 10.9 Å². The summed E-state index contributed by atoms with van der Waals surface area (Å²) in [5, 5.41) is 11.8. The van der Waals surface area contributed by atoms with E-state index in [1.807, 2.05) is 68.4 Å². The van der Waals surface area contributed by atoms with Gasteiger partial charge in [-0.25, -0.2) is 4.99 Å². The van der Waals surface area contributed by atoms with E-state index >= 15 is 0 Å². The van der Waals surface area contributed by atoms with Crippen molar-refractivity contribution in [1.29, 1.82) is 0 Å². The minimum Gasteiger partial charge on any atom is -0.494 e. The smallest absolute Gasteiger partial charge is 0.199 e. The number of hydrogen-bond donors (Lipinski definition) is 3. The molecule has 0 aliphatic heterocycles. The number of aromatic amines is 1. The normalized spacial score (nSPS) is 11.7.